The molecule has 2 heterocycles. The van der Waals surface area contributed by atoms with Crippen LogP contribution in [0.3, 0.4) is 0 Å². The van der Waals surface area contributed by atoms with Gasteiger partial charge in [-0.15, -0.1) is 0 Å². The molecule has 0 saturated carbocycles. The number of carbonyl (C=O) groups is 1. The van der Waals surface area contributed by atoms with Gasteiger partial charge in [-0.2, -0.15) is 0 Å². The highest BCUT2D eigenvalue weighted by molar-refractivity contribution is 6.30. The number of anilines is 1. The van der Waals surface area contributed by atoms with E-state index >= 15 is 0 Å². The Hall–Kier alpha value is -1.36. The first-order valence-corrected chi connectivity index (χ1v) is 7.21. The zero-order chi connectivity index (χ0) is 14.7. The number of hydrogen-bond acceptors (Lipinski definition) is 3. The standard InChI is InChI=1S/C14H19ClFN3O/c1-9(2)14(20)19-5-3-4-11(8-19)18-13-12(16)6-10(15)7-17-13/h6-7,9,11H,3-5,8H2,1-2H3,(H,17,18). The number of aromatic nitrogens is 1. The Balaban J connectivity index is 2.01. The second-order valence-electron chi connectivity index (χ2n) is 5.41. The van der Waals surface area contributed by atoms with E-state index in [9.17, 15) is 9.18 Å². The van der Waals surface area contributed by atoms with E-state index in [-0.39, 0.29) is 28.7 Å². The molecule has 1 N–H and O–H groups in total. The van der Waals surface area contributed by atoms with Crippen molar-refractivity contribution in [1.82, 2.24) is 9.88 Å². The fourth-order valence-electron chi connectivity index (χ4n) is 2.37. The van der Waals surface area contributed by atoms with Crippen LogP contribution < -0.4 is 5.32 Å². The van der Waals surface area contributed by atoms with Crippen LogP contribution in [0.4, 0.5) is 10.2 Å². The molecule has 1 saturated heterocycles. The summed E-state index contributed by atoms with van der Waals surface area (Å²) in [7, 11) is 0. The van der Waals surface area contributed by atoms with Crippen molar-refractivity contribution in [3.63, 3.8) is 0 Å². The van der Waals surface area contributed by atoms with E-state index in [0.717, 1.165) is 19.4 Å². The molecule has 1 amide bonds. The Morgan fingerprint density at radius 1 is 1.60 bits per heavy atom. The van der Waals surface area contributed by atoms with Gasteiger partial charge in [0.1, 0.15) is 0 Å². The van der Waals surface area contributed by atoms with Gasteiger partial charge in [-0.25, -0.2) is 9.37 Å². The van der Waals surface area contributed by atoms with E-state index in [0.29, 0.717) is 6.54 Å². The van der Waals surface area contributed by atoms with Crippen molar-refractivity contribution in [3.05, 3.63) is 23.1 Å². The molecule has 1 fully saturated rings. The summed E-state index contributed by atoms with van der Waals surface area (Å²) in [5.74, 6) is -0.150. The molecule has 1 aliphatic heterocycles. The number of amides is 1. The maximum atomic E-state index is 13.7. The number of halogens is 2. The van der Waals surface area contributed by atoms with Crippen LogP contribution in [0.5, 0.6) is 0 Å². The fraction of sp³-hybridized carbons (Fsp3) is 0.571. The molecule has 1 atom stereocenters. The monoisotopic (exact) mass is 299 g/mol. The minimum atomic E-state index is -0.468. The molecule has 110 valence electrons. The number of hydrogen-bond donors (Lipinski definition) is 1. The lowest BCUT2D eigenvalue weighted by Crippen LogP contribution is -2.46. The number of carbonyl (C=O) groups excluding carboxylic acids is 1. The van der Waals surface area contributed by atoms with Gasteiger partial charge in [0.05, 0.1) is 5.02 Å². The Bertz CT molecular complexity index is 495. The summed E-state index contributed by atoms with van der Waals surface area (Å²) in [6, 6.07) is 1.26. The van der Waals surface area contributed by atoms with Crippen LogP contribution in [0, 0.1) is 11.7 Å². The molecule has 0 radical (unpaired) electrons. The number of likely N-dealkylation sites (tertiary alicyclic amines) is 1. The molecule has 0 bridgehead atoms. The third-order valence-corrected chi connectivity index (χ3v) is 3.58. The summed E-state index contributed by atoms with van der Waals surface area (Å²) in [6.07, 6.45) is 3.21. The van der Waals surface area contributed by atoms with Crippen LogP contribution >= 0.6 is 11.6 Å². The highest BCUT2D eigenvalue weighted by Crippen LogP contribution is 2.20. The lowest BCUT2D eigenvalue weighted by molar-refractivity contribution is -0.135. The third-order valence-electron chi connectivity index (χ3n) is 3.38. The third kappa shape index (κ3) is 3.60. The lowest BCUT2D eigenvalue weighted by atomic mass is 10.0. The Labute approximate surface area is 123 Å². The summed E-state index contributed by atoms with van der Waals surface area (Å²) < 4.78 is 13.7. The predicted molar refractivity (Wildman–Crippen MR) is 77.3 cm³/mol. The van der Waals surface area contributed by atoms with E-state index in [1.54, 1.807) is 0 Å². The summed E-state index contributed by atoms with van der Waals surface area (Å²) in [5.41, 5.74) is 0. The van der Waals surface area contributed by atoms with Crippen molar-refractivity contribution in [2.75, 3.05) is 18.4 Å². The molecule has 20 heavy (non-hydrogen) atoms. The van der Waals surface area contributed by atoms with Crippen molar-refractivity contribution < 1.29 is 9.18 Å². The number of nitrogens with zero attached hydrogens (tertiary/aromatic N) is 2. The van der Waals surface area contributed by atoms with E-state index in [2.05, 4.69) is 10.3 Å². The SMILES string of the molecule is CC(C)C(=O)N1CCCC(Nc2ncc(Cl)cc2F)C1. The van der Waals surface area contributed by atoms with Gasteiger partial charge in [0.2, 0.25) is 5.91 Å². The van der Waals surface area contributed by atoms with Gasteiger partial charge in [0.15, 0.2) is 11.6 Å². The number of nitrogens with one attached hydrogen (secondary N) is 1. The molecule has 1 unspecified atom stereocenters. The van der Waals surface area contributed by atoms with Gasteiger partial charge in [0.25, 0.3) is 0 Å². The fourth-order valence-corrected chi connectivity index (χ4v) is 2.52. The van der Waals surface area contributed by atoms with E-state index < -0.39 is 5.82 Å². The Morgan fingerprint density at radius 3 is 3.00 bits per heavy atom. The Morgan fingerprint density at radius 2 is 2.35 bits per heavy atom. The molecule has 0 aliphatic carbocycles. The van der Waals surface area contributed by atoms with E-state index in [1.807, 2.05) is 18.7 Å². The normalized spacial score (nSPS) is 19.2. The van der Waals surface area contributed by atoms with Gasteiger partial charge in [-0.1, -0.05) is 25.4 Å². The quantitative estimate of drug-likeness (QED) is 0.933. The summed E-state index contributed by atoms with van der Waals surface area (Å²) >= 11 is 5.68. The zero-order valence-corrected chi connectivity index (χ0v) is 12.5. The number of piperidine rings is 1. The first-order chi connectivity index (χ1) is 9.47. The molecular weight excluding hydrogens is 281 g/mol. The Kier molecular flexibility index (Phi) is 4.81. The number of rotatable bonds is 3. The molecule has 0 aromatic carbocycles. The van der Waals surface area contributed by atoms with Gasteiger partial charge in [-0.3, -0.25) is 4.79 Å². The van der Waals surface area contributed by atoms with Gasteiger partial charge < -0.3 is 10.2 Å². The second-order valence-corrected chi connectivity index (χ2v) is 5.84. The van der Waals surface area contributed by atoms with Gasteiger partial charge in [-0.05, 0) is 18.9 Å². The highest BCUT2D eigenvalue weighted by Gasteiger charge is 2.25. The van der Waals surface area contributed by atoms with Crippen molar-refractivity contribution in [1.29, 1.82) is 0 Å². The van der Waals surface area contributed by atoms with Crippen LogP contribution in [0.1, 0.15) is 26.7 Å². The van der Waals surface area contributed by atoms with Crippen LogP contribution in [-0.4, -0.2) is 34.9 Å². The molecule has 6 heteroatoms. The minimum Gasteiger partial charge on any atom is -0.363 e. The zero-order valence-electron chi connectivity index (χ0n) is 11.7. The highest BCUT2D eigenvalue weighted by atomic mass is 35.5. The van der Waals surface area contributed by atoms with Gasteiger partial charge >= 0.3 is 0 Å². The lowest BCUT2D eigenvalue weighted by Gasteiger charge is -2.34. The van der Waals surface area contributed by atoms with Crippen molar-refractivity contribution in [2.45, 2.75) is 32.7 Å². The van der Waals surface area contributed by atoms with Crippen LogP contribution in [0.2, 0.25) is 5.02 Å². The van der Waals surface area contributed by atoms with Crippen LogP contribution in [0.25, 0.3) is 0 Å². The summed E-state index contributed by atoms with van der Waals surface area (Å²) in [4.78, 5) is 17.8. The topological polar surface area (TPSA) is 45.2 Å². The molecule has 1 aromatic rings. The maximum absolute atomic E-state index is 13.7. The first kappa shape index (κ1) is 15.0. The molecule has 1 aromatic heterocycles. The summed E-state index contributed by atoms with van der Waals surface area (Å²) in [5, 5.41) is 3.33. The first-order valence-electron chi connectivity index (χ1n) is 6.83. The van der Waals surface area contributed by atoms with E-state index in [1.165, 1.54) is 12.3 Å². The molecule has 0 spiro atoms. The largest absolute Gasteiger partial charge is 0.363 e. The molecule has 4 nitrogen and oxygen atoms in total. The van der Waals surface area contributed by atoms with Crippen LogP contribution in [-0.2, 0) is 4.79 Å². The van der Waals surface area contributed by atoms with Gasteiger partial charge in [0, 0.05) is 31.2 Å². The van der Waals surface area contributed by atoms with Crippen molar-refractivity contribution in [3.8, 4) is 0 Å². The van der Waals surface area contributed by atoms with E-state index in [4.69, 9.17) is 11.6 Å². The number of pyridine rings is 1. The maximum Gasteiger partial charge on any atom is 0.225 e. The molecular formula is C14H19ClFN3O. The predicted octanol–water partition coefficient (Wildman–Crippen LogP) is 2.93. The van der Waals surface area contributed by atoms with Crippen LogP contribution in [0.15, 0.2) is 12.3 Å². The molecule has 2 rings (SSSR count). The second kappa shape index (κ2) is 6.39. The molecule has 1 aliphatic rings. The van der Waals surface area contributed by atoms with Crippen molar-refractivity contribution in [2.24, 2.45) is 5.92 Å². The smallest absolute Gasteiger partial charge is 0.225 e. The van der Waals surface area contributed by atoms with Crippen molar-refractivity contribution >= 4 is 23.3 Å². The minimum absolute atomic E-state index is 0.0147. The average Bonchev–Trinajstić information content (AvgIpc) is 2.41. The average molecular weight is 300 g/mol. The summed E-state index contributed by atoms with van der Waals surface area (Å²) in [6.45, 7) is 5.13.